The molecule has 1 aliphatic rings. The van der Waals surface area contributed by atoms with E-state index in [9.17, 15) is 18.4 Å². The number of nitrogens with zero attached hydrogens (tertiary/aromatic N) is 3. The third-order valence-corrected chi connectivity index (χ3v) is 6.43. The number of anilines is 2. The van der Waals surface area contributed by atoms with Gasteiger partial charge in [0.25, 0.3) is 11.8 Å². The molecule has 0 saturated carbocycles. The molecule has 1 aliphatic heterocycles. The van der Waals surface area contributed by atoms with Gasteiger partial charge in [-0.2, -0.15) is 5.10 Å². The summed E-state index contributed by atoms with van der Waals surface area (Å²) in [6.45, 7) is 0.987. The molecule has 0 bridgehead atoms. The van der Waals surface area contributed by atoms with E-state index in [4.69, 9.17) is 16.3 Å². The lowest BCUT2D eigenvalue weighted by atomic mass is 10.1. The highest BCUT2D eigenvalue weighted by molar-refractivity contribution is 6.34. The molecule has 2 aromatic carbocycles. The molecule has 39 heavy (non-hydrogen) atoms. The normalized spacial score (nSPS) is 14.7. The van der Waals surface area contributed by atoms with Gasteiger partial charge in [0.15, 0.2) is 23.1 Å². The van der Waals surface area contributed by atoms with Crippen molar-refractivity contribution in [3.05, 3.63) is 88.6 Å². The number of aromatic nitrogens is 3. The highest BCUT2D eigenvalue weighted by Crippen LogP contribution is 2.29. The van der Waals surface area contributed by atoms with Gasteiger partial charge < -0.3 is 20.7 Å². The maximum Gasteiger partial charge on any atom is 0.272 e. The molecule has 9 nitrogen and oxygen atoms in total. The van der Waals surface area contributed by atoms with Crippen LogP contribution in [0.5, 0.6) is 0 Å². The molecule has 12 heteroatoms. The molecule has 1 fully saturated rings. The van der Waals surface area contributed by atoms with Crippen LogP contribution in [-0.2, 0) is 4.74 Å². The van der Waals surface area contributed by atoms with Crippen molar-refractivity contribution in [1.29, 1.82) is 0 Å². The predicted octanol–water partition coefficient (Wildman–Crippen LogP) is 4.68. The van der Waals surface area contributed by atoms with Crippen LogP contribution in [0.3, 0.4) is 0 Å². The van der Waals surface area contributed by atoms with Crippen molar-refractivity contribution in [2.75, 3.05) is 30.9 Å². The van der Waals surface area contributed by atoms with Gasteiger partial charge in [-0.05, 0) is 30.7 Å². The van der Waals surface area contributed by atoms with Crippen LogP contribution in [-0.4, -0.2) is 52.9 Å². The lowest BCUT2D eigenvalue weighted by Crippen LogP contribution is -2.35. The topological polar surface area (TPSA) is 110 Å². The van der Waals surface area contributed by atoms with E-state index >= 15 is 0 Å². The summed E-state index contributed by atoms with van der Waals surface area (Å²) in [5.41, 5.74) is 0.774. The number of hydrogen-bond donors (Lipinski definition) is 3. The van der Waals surface area contributed by atoms with Crippen molar-refractivity contribution in [1.82, 2.24) is 20.1 Å². The summed E-state index contributed by atoms with van der Waals surface area (Å²) in [5, 5.41) is 12.7. The fraction of sp³-hybridized carbons (Fsp3) is 0.185. The first-order valence-corrected chi connectivity index (χ1v) is 12.4. The lowest BCUT2D eigenvalue weighted by Gasteiger charge is -2.12. The summed E-state index contributed by atoms with van der Waals surface area (Å²) in [7, 11) is 1.46. The number of halogens is 3. The number of rotatable bonds is 7. The van der Waals surface area contributed by atoms with Crippen molar-refractivity contribution in [3.63, 3.8) is 0 Å². The average Bonchev–Trinajstić information content (AvgIpc) is 3.60. The summed E-state index contributed by atoms with van der Waals surface area (Å²) < 4.78 is 35.2. The Morgan fingerprint density at radius 2 is 1.85 bits per heavy atom. The Balaban J connectivity index is 1.47. The number of hydrogen-bond acceptors (Lipinski definition) is 6. The van der Waals surface area contributed by atoms with Crippen molar-refractivity contribution < 1.29 is 23.1 Å². The molecule has 3 N–H and O–H groups in total. The Hall–Kier alpha value is -4.35. The molecular formula is C27H23ClF2N6O3. The molecule has 5 rings (SSSR count). The van der Waals surface area contributed by atoms with Gasteiger partial charge in [0.05, 0.1) is 28.9 Å². The fourth-order valence-electron chi connectivity index (χ4n) is 4.13. The summed E-state index contributed by atoms with van der Waals surface area (Å²) in [6, 6.07) is 15.3. The van der Waals surface area contributed by atoms with Crippen molar-refractivity contribution >= 4 is 35.1 Å². The van der Waals surface area contributed by atoms with E-state index in [2.05, 4.69) is 26.0 Å². The Bertz CT molecular complexity index is 1540. The first kappa shape index (κ1) is 26.3. The second kappa shape index (κ2) is 11.2. The largest absolute Gasteiger partial charge is 0.379 e. The fourth-order valence-corrected chi connectivity index (χ4v) is 4.33. The number of carbonyl (C=O) groups excluding carboxylic acids is 2. The number of nitrogens with one attached hydrogen (secondary N) is 3. The highest BCUT2D eigenvalue weighted by Gasteiger charge is 2.23. The number of ether oxygens (including phenoxy) is 1. The van der Waals surface area contributed by atoms with Crippen LogP contribution in [0.2, 0.25) is 5.02 Å². The Morgan fingerprint density at radius 3 is 2.56 bits per heavy atom. The van der Waals surface area contributed by atoms with E-state index < -0.39 is 23.4 Å². The molecule has 1 unspecified atom stereocenters. The molecule has 2 amide bonds. The monoisotopic (exact) mass is 552 g/mol. The minimum atomic E-state index is -0.898. The van der Waals surface area contributed by atoms with E-state index in [1.165, 1.54) is 36.0 Å². The van der Waals surface area contributed by atoms with E-state index in [0.717, 1.165) is 0 Å². The van der Waals surface area contributed by atoms with Crippen LogP contribution in [0.15, 0.2) is 60.7 Å². The highest BCUT2D eigenvalue weighted by atomic mass is 35.5. The first-order valence-electron chi connectivity index (χ1n) is 12.0. The van der Waals surface area contributed by atoms with Crippen molar-refractivity contribution in [2.24, 2.45) is 0 Å². The number of para-hydroxylation sites is 1. The molecule has 4 aromatic rings. The SMILES string of the molecule is CNc1nc(-c2ccc(Cl)c(C(=O)Nc3cc(C(=O)NC4CCOC4)nn3-c3ccccc3)c2)c(F)cc1F. The van der Waals surface area contributed by atoms with Gasteiger partial charge in [0, 0.05) is 31.4 Å². The third kappa shape index (κ3) is 5.59. The minimum Gasteiger partial charge on any atom is -0.379 e. The Kier molecular flexibility index (Phi) is 7.53. The van der Waals surface area contributed by atoms with Gasteiger partial charge in [0.1, 0.15) is 11.5 Å². The van der Waals surface area contributed by atoms with Gasteiger partial charge >= 0.3 is 0 Å². The van der Waals surface area contributed by atoms with Crippen molar-refractivity contribution in [2.45, 2.75) is 12.5 Å². The number of amides is 2. The van der Waals surface area contributed by atoms with Crippen LogP contribution in [0, 0.1) is 11.6 Å². The smallest absolute Gasteiger partial charge is 0.272 e. The molecule has 0 aliphatic carbocycles. The molecule has 1 saturated heterocycles. The van der Waals surface area contributed by atoms with Crippen LogP contribution in [0.1, 0.15) is 27.3 Å². The summed E-state index contributed by atoms with van der Waals surface area (Å²) in [4.78, 5) is 30.2. The molecule has 1 atom stereocenters. The van der Waals surface area contributed by atoms with Crippen LogP contribution in [0.4, 0.5) is 20.4 Å². The second-order valence-corrected chi connectivity index (χ2v) is 9.15. The van der Waals surface area contributed by atoms with Crippen molar-refractivity contribution in [3.8, 4) is 16.9 Å². The van der Waals surface area contributed by atoms with E-state index in [0.29, 0.717) is 31.4 Å². The predicted molar refractivity (Wildman–Crippen MR) is 142 cm³/mol. The molecule has 0 radical (unpaired) electrons. The van der Waals surface area contributed by atoms with Gasteiger partial charge in [-0.25, -0.2) is 18.4 Å². The van der Waals surface area contributed by atoms with Gasteiger partial charge in [-0.15, -0.1) is 0 Å². The maximum absolute atomic E-state index is 14.6. The zero-order valence-electron chi connectivity index (χ0n) is 20.7. The Labute approximate surface area is 227 Å². The minimum absolute atomic E-state index is 0.0145. The average molecular weight is 553 g/mol. The summed E-state index contributed by atoms with van der Waals surface area (Å²) >= 11 is 6.33. The zero-order valence-corrected chi connectivity index (χ0v) is 21.4. The number of carbonyl (C=O) groups is 2. The van der Waals surface area contributed by atoms with Gasteiger partial charge in [-0.1, -0.05) is 35.9 Å². The third-order valence-electron chi connectivity index (χ3n) is 6.10. The van der Waals surface area contributed by atoms with Crippen LogP contribution >= 0.6 is 11.6 Å². The van der Waals surface area contributed by atoms with E-state index in [-0.39, 0.29) is 45.2 Å². The maximum atomic E-state index is 14.6. The second-order valence-electron chi connectivity index (χ2n) is 8.74. The summed E-state index contributed by atoms with van der Waals surface area (Å²) in [5.74, 6) is -2.72. The molecule has 3 heterocycles. The number of benzene rings is 2. The van der Waals surface area contributed by atoms with Crippen LogP contribution in [0.25, 0.3) is 16.9 Å². The quantitative estimate of drug-likeness (QED) is 0.307. The lowest BCUT2D eigenvalue weighted by molar-refractivity contribution is 0.0923. The molecular weight excluding hydrogens is 530 g/mol. The zero-order chi connectivity index (χ0) is 27.5. The Morgan fingerprint density at radius 1 is 1.05 bits per heavy atom. The van der Waals surface area contributed by atoms with E-state index in [1.54, 1.807) is 24.3 Å². The standard InChI is InChI=1S/C27H23ClF2N6O3/c1-31-25-21(30)12-20(29)24(34-25)15-7-8-19(28)18(11-15)26(37)33-23-13-22(27(38)32-16-9-10-39-14-16)35-36(23)17-5-3-2-4-6-17/h2-8,11-13,16H,9-10,14H2,1H3,(H,31,34)(H,32,38)(H,33,37). The van der Waals surface area contributed by atoms with Gasteiger partial charge in [0.2, 0.25) is 0 Å². The summed E-state index contributed by atoms with van der Waals surface area (Å²) in [6.07, 6.45) is 0.697. The van der Waals surface area contributed by atoms with Crippen LogP contribution < -0.4 is 16.0 Å². The molecule has 2 aromatic heterocycles. The molecule has 200 valence electrons. The van der Waals surface area contributed by atoms with E-state index in [1.807, 2.05) is 6.07 Å². The number of pyridine rings is 1. The first-order chi connectivity index (χ1) is 18.8. The van der Waals surface area contributed by atoms with Gasteiger partial charge in [-0.3, -0.25) is 9.59 Å². The molecule has 0 spiro atoms.